The van der Waals surface area contributed by atoms with Gasteiger partial charge in [0.05, 0.1) is 5.92 Å². The second-order valence-electron chi connectivity index (χ2n) is 8.14. The van der Waals surface area contributed by atoms with Crippen molar-refractivity contribution in [1.82, 2.24) is 20.0 Å². The molecular formula is C19H32N4O3. The van der Waals surface area contributed by atoms with Gasteiger partial charge in [0.2, 0.25) is 11.8 Å². The van der Waals surface area contributed by atoms with E-state index in [0.717, 1.165) is 12.8 Å². The zero-order valence-electron chi connectivity index (χ0n) is 16.1. The van der Waals surface area contributed by atoms with Crippen molar-refractivity contribution in [3.8, 4) is 0 Å². The van der Waals surface area contributed by atoms with E-state index >= 15 is 0 Å². The Bertz CT molecular complexity index is 537. The van der Waals surface area contributed by atoms with E-state index in [0.29, 0.717) is 45.2 Å². The minimum atomic E-state index is -0.229. The van der Waals surface area contributed by atoms with Crippen molar-refractivity contribution >= 4 is 17.8 Å². The van der Waals surface area contributed by atoms with E-state index < -0.39 is 0 Å². The summed E-state index contributed by atoms with van der Waals surface area (Å²) in [6.07, 6.45) is 6.13. The number of urea groups is 1. The summed E-state index contributed by atoms with van der Waals surface area (Å²) in [4.78, 5) is 42.6. The van der Waals surface area contributed by atoms with Gasteiger partial charge in [-0.25, -0.2) is 4.79 Å². The Labute approximate surface area is 156 Å². The summed E-state index contributed by atoms with van der Waals surface area (Å²) in [7, 11) is 0. The molecule has 7 heteroatoms. The first kappa shape index (κ1) is 19.0. The van der Waals surface area contributed by atoms with Crippen LogP contribution in [-0.2, 0) is 9.59 Å². The second-order valence-corrected chi connectivity index (χ2v) is 8.14. The molecule has 3 aliphatic rings. The molecule has 0 aromatic rings. The van der Waals surface area contributed by atoms with Gasteiger partial charge in [-0.05, 0) is 26.7 Å². The molecular weight excluding hydrogens is 332 g/mol. The van der Waals surface area contributed by atoms with E-state index in [-0.39, 0.29) is 29.8 Å². The van der Waals surface area contributed by atoms with Crippen LogP contribution in [0.25, 0.3) is 0 Å². The molecule has 0 aromatic carbocycles. The molecule has 1 unspecified atom stereocenters. The summed E-state index contributed by atoms with van der Waals surface area (Å²) in [6, 6.07) is 0.453. The summed E-state index contributed by atoms with van der Waals surface area (Å²) in [5, 5.41) is 3.14. The first-order valence-corrected chi connectivity index (χ1v) is 10.1. The number of carbonyl (C=O) groups excluding carboxylic acids is 3. The molecule has 0 aromatic heterocycles. The zero-order chi connectivity index (χ0) is 18.7. The Morgan fingerprint density at radius 2 is 1.62 bits per heavy atom. The van der Waals surface area contributed by atoms with E-state index in [9.17, 15) is 14.4 Å². The molecule has 0 radical (unpaired) electrons. The molecule has 1 saturated carbocycles. The van der Waals surface area contributed by atoms with Gasteiger partial charge in [0.15, 0.2) is 0 Å². The average molecular weight is 364 g/mol. The lowest BCUT2D eigenvalue weighted by Gasteiger charge is -2.37. The predicted molar refractivity (Wildman–Crippen MR) is 98.5 cm³/mol. The Hall–Kier alpha value is -1.79. The van der Waals surface area contributed by atoms with Crippen molar-refractivity contribution in [2.45, 2.75) is 64.5 Å². The molecule has 4 amide bonds. The van der Waals surface area contributed by atoms with E-state index in [1.165, 1.54) is 19.3 Å². The normalized spacial score (nSPS) is 25.1. The third-order valence-corrected chi connectivity index (χ3v) is 5.94. The fourth-order valence-electron chi connectivity index (χ4n) is 4.30. The van der Waals surface area contributed by atoms with Gasteiger partial charge in [-0.3, -0.25) is 9.59 Å². The van der Waals surface area contributed by atoms with Crippen LogP contribution in [0.1, 0.15) is 52.4 Å². The van der Waals surface area contributed by atoms with Crippen molar-refractivity contribution < 1.29 is 14.4 Å². The van der Waals surface area contributed by atoms with E-state index in [1.807, 2.05) is 23.6 Å². The number of hydrogen-bond donors (Lipinski definition) is 1. The van der Waals surface area contributed by atoms with Gasteiger partial charge in [-0.15, -0.1) is 0 Å². The first-order chi connectivity index (χ1) is 12.5. The second kappa shape index (κ2) is 8.27. The van der Waals surface area contributed by atoms with Crippen LogP contribution in [0.3, 0.4) is 0 Å². The molecule has 2 aliphatic heterocycles. The molecule has 2 saturated heterocycles. The smallest absolute Gasteiger partial charge is 0.317 e. The molecule has 1 atom stereocenters. The van der Waals surface area contributed by atoms with Gasteiger partial charge in [0.1, 0.15) is 0 Å². The lowest BCUT2D eigenvalue weighted by molar-refractivity contribution is -0.137. The molecule has 1 N–H and O–H groups in total. The number of rotatable bonds is 3. The topological polar surface area (TPSA) is 73.0 Å². The lowest BCUT2D eigenvalue weighted by atomic mass is 9.96. The molecule has 2 heterocycles. The van der Waals surface area contributed by atoms with Crippen molar-refractivity contribution in [3.05, 3.63) is 0 Å². The van der Waals surface area contributed by atoms with Gasteiger partial charge in [0, 0.05) is 51.2 Å². The maximum atomic E-state index is 12.7. The van der Waals surface area contributed by atoms with Crippen molar-refractivity contribution in [1.29, 1.82) is 0 Å². The van der Waals surface area contributed by atoms with E-state index in [2.05, 4.69) is 5.32 Å². The molecule has 0 bridgehead atoms. The van der Waals surface area contributed by atoms with Gasteiger partial charge >= 0.3 is 6.03 Å². The van der Waals surface area contributed by atoms with Crippen LogP contribution >= 0.6 is 0 Å². The Morgan fingerprint density at radius 3 is 2.19 bits per heavy atom. The quantitative estimate of drug-likeness (QED) is 0.823. The average Bonchev–Trinajstić information content (AvgIpc) is 3.04. The first-order valence-electron chi connectivity index (χ1n) is 10.1. The lowest BCUT2D eigenvalue weighted by Crippen LogP contribution is -2.55. The van der Waals surface area contributed by atoms with Crippen molar-refractivity contribution in [3.63, 3.8) is 0 Å². The minimum Gasteiger partial charge on any atom is -0.339 e. The number of carbonyl (C=O) groups is 3. The predicted octanol–water partition coefficient (Wildman–Crippen LogP) is 1.43. The van der Waals surface area contributed by atoms with Crippen LogP contribution in [0.4, 0.5) is 4.79 Å². The summed E-state index contributed by atoms with van der Waals surface area (Å²) < 4.78 is 0. The summed E-state index contributed by atoms with van der Waals surface area (Å²) in [6.45, 7) is 6.74. The number of nitrogens with one attached hydrogen (secondary N) is 1. The molecule has 7 nitrogen and oxygen atoms in total. The van der Waals surface area contributed by atoms with Crippen LogP contribution in [0.15, 0.2) is 0 Å². The molecule has 3 fully saturated rings. The highest BCUT2D eigenvalue weighted by molar-refractivity contribution is 5.89. The highest BCUT2D eigenvalue weighted by atomic mass is 16.2. The SMILES string of the molecule is CC(C)N1CC(C(=O)N2CCN(C(=O)NC3CCCCC3)CC2)CC1=O. The Kier molecular flexibility index (Phi) is 6.04. The molecule has 3 rings (SSSR count). The fraction of sp³-hybridized carbons (Fsp3) is 0.842. The Morgan fingerprint density at radius 1 is 1.00 bits per heavy atom. The minimum absolute atomic E-state index is 0.00558. The van der Waals surface area contributed by atoms with Crippen LogP contribution in [-0.4, -0.2) is 77.4 Å². The molecule has 146 valence electrons. The van der Waals surface area contributed by atoms with Gasteiger partial charge < -0.3 is 20.0 Å². The maximum absolute atomic E-state index is 12.7. The zero-order valence-corrected chi connectivity index (χ0v) is 16.1. The third-order valence-electron chi connectivity index (χ3n) is 5.94. The number of nitrogens with zero attached hydrogens (tertiary/aromatic N) is 3. The molecule has 1 aliphatic carbocycles. The van der Waals surface area contributed by atoms with Crippen LogP contribution in [0.5, 0.6) is 0 Å². The van der Waals surface area contributed by atoms with Gasteiger partial charge in [-0.1, -0.05) is 19.3 Å². The van der Waals surface area contributed by atoms with Crippen LogP contribution < -0.4 is 5.32 Å². The van der Waals surface area contributed by atoms with E-state index in [1.54, 1.807) is 4.90 Å². The maximum Gasteiger partial charge on any atom is 0.317 e. The van der Waals surface area contributed by atoms with Crippen molar-refractivity contribution in [2.75, 3.05) is 32.7 Å². The number of hydrogen-bond acceptors (Lipinski definition) is 3. The van der Waals surface area contributed by atoms with Crippen LogP contribution in [0.2, 0.25) is 0 Å². The third kappa shape index (κ3) is 4.30. The summed E-state index contributed by atoms with van der Waals surface area (Å²) in [5.74, 6) is -0.0924. The summed E-state index contributed by atoms with van der Waals surface area (Å²) >= 11 is 0. The fourth-order valence-corrected chi connectivity index (χ4v) is 4.30. The van der Waals surface area contributed by atoms with Crippen molar-refractivity contribution in [2.24, 2.45) is 5.92 Å². The standard InChI is InChI=1S/C19H32N4O3/c1-14(2)23-13-15(12-17(23)24)18(25)21-8-10-22(11-9-21)19(26)20-16-6-4-3-5-7-16/h14-16H,3-13H2,1-2H3,(H,20,26). The monoisotopic (exact) mass is 364 g/mol. The molecule has 26 heavy (non-hydrogen) atoms. The number of amides is 4. The number of piperazine rings is 1. The molecule has 0 spiro atoms. The Balaban J connectivity index is 1.45. The summed E-state index contributed by atoms with van der Waals surface area (Å²) in [5.41, 5.74) is 0. The van der Waals surface area contributed by atoms with Crippen LogP contribution in [0, 0.1) is 5.92 Å². The highest BCUT2D eigenvalue weighted by Gasteiger charge is 2.38. The van der Waals surface area contributed by atoms with E-state index in [4.69, 9.17) is 0 Å². The van der Waals surface area contributed by atoms with Gasteiger partial charge in [0.25, 0.3) is 0 Å². The highest BCUT2D eigenvalue weighted by Crippen LogP contribution is 2.23. The van der Waals surface area contributed by atoms with Gasteiger partial charge in [-0.2, -0.15) is 0 Å². The number of likely N-dealkylation sites (tertiary alicyclic amines) is 1. The largest absolute Gasteiger partial charge is 0.339 e.